The molecule has 94 valence electrons. The highest BCUT2D eigenvalue weighted by atomic mass is 32.2. The Morgan fingerprint density at radius 2 is 2.29 bits per heavy atom. The molecule has 0 aromatic carbocycles. The number of hydrogen-bond donors (Lipinski definition) is 2. The number of amidine groups is 1. The monoisotopic (exact) mass is 258 g/mol. The fourth-order valence-corrected chi connectivity index (χ4v) is 1.66. The van der Waals surface area contributed by atoms with Crippen molar-refractivity contribution in [1.82, 2.24) is 9.71 Å². The van der Waals surface area contributed by atoms with Crippen LogP contribution < -0.4 is 10.5 Å². The normalized spacial score (nSPS) is 12.5. The lowest BCUT2D eigenvalue weighted by Gasteiger charge is -2.03. The minimum atomic E-state index is -3.48. The Hall–Kier alpha value is -1.67. The summed E-state index contributed by atoms with van der Waals surface area (Å²) in [5.41, 5.74) is 5.93. The molecule has 0 saturated carbocycles. The maximum absolute atomic E-state index is 11.4. The van der Waals surface area contributed by atoms with Crippen LogP contribution in [0.1, 0.15) is 12.6 Å². The summed E-state index contributed by atoms with van der Waals surface area (Å²) in [4.78, 5) is 8.71. The van der Waals surface area contributed by atoms with Crippen molar-refractivity contribution in [2.75, 3.05) is 13.7 Å². The van der Waals surface area contributed by atoms with E-state index in [1.807, 2.05) is 0 Å². The number of aromatic nitrogens is 1. The van der Waals surface area contributed by atoms with Gasteiger partial charge in [-0.15, -0.1) is 0 Å². The highest BCUT2D eigenvalue weighted by Gasteiger charge is 2.12. The summed E-state index contributed by atoms with van der Waals surface area (Å²) in [6.07, 6.45) is 1.20. The quantitative estimate of drug-likeness (QED) is 0.426. The van der Waals surface area contributed by atoms with Gasteiger partial charge in [-0.2, -0.15) is 0 Å². The molecule has 8 heteroatoms. The smallest absolute Gasteiger partial charge is 0.241 e. The Bertz CT molecular complexity index is 495. The number of nitrogens with two attached hydrogens (primary N) is 1. The van der Waals surface area contributed by atoms with Gasteiger partial charge in [0, 0.05) is 6.20 Å². The van der Waals surface area contributed by atoms with Crippen LogP contribution in [0.25, 0.3) is 0 Å². The second-order valence-electron chi connectivity index (χ2n) is 2.98. The van der Waals surface area contributed by atoms with Gasteiger partial charge in [-0.1, -0.05) is 5.16 Å². The van der Waals surface area contributed by atoms with Crippen LogP contribution >= 0.6 is 0 Å². The molecule has 0 aliphatic rings. The molecule has 1 rings (SSSR count). The fourth-order valence-electron chi connectivity index (χ4n) is 0.989. The van der Waals surface area contributed by atoms with Crippen LogP contribution in [-0.4, -0.2) is 32.9 Å². The molecule has 0 atom stereocenters. The van der Waals surface area contributed by atoms with Crippen molar-refractivity contribution >= 4 is 15.9 Å². The predicted molar refractivity (Wildman–Crippen MR) is 62.8 cm³/mol. The van der Waals surface area contributed by atoms with Crippen molar-refractivity contribution in [1.29, 1.82) is 0 Å². The van der Waals surface area contributed by atoms with Gasteiger partial charge in [0.25, 0.3) is 0 Å². The molecule has 0 spiro atoms. The van der Waals surface area contributed by atoms with Gasteiger partial charge in [0.2, 0.25) is 10.0 Å². The third kappa shape index (κ3) is 3.40. The zero-order valence-electron chi connectivity index (χ0n) is 9.54. The van der Waals surface area contributed by atoms with Gasteiger partial charge >= 0.3 is 0 Å². The van der Waals surface area contributed by atoms with Crippen LogP contribution in [0.5, 0.6) is 0 Å². The number of hydrogen-bond acceptors (Lipinski definition) is 5. The van der Waals surface area contributed by atoms with E-state index < -0.39 is 10.0 Å². The van der Waals surface area contributed by atoms with E-state index in [2.05, 4.69) is 14.9 Å². The molecule has 1 heterocycles. The van der Waals surface area contributed by atoms with Crippen molar-refractivity contribution in [2.24, 2.45) is 10.9 Å². The lowest BCUT2D eigenvalue weighted by molar-refractivity contribution is 0.158. The Morgan fingerprint density at radius 3 is 2.76 bits per heavy atom. The van der Waals surface area contributed by atoms with Crippen LogP contribution in [0.3, 0.4) is 0 Å². The van der Waals surface area contributed by atoms with Crippen LogP contribution in [0.2, 0.25) is 0 Å². The van der Waals surface area contributed by atoms with Gasteiger partial charge in [0.05, 0.1) is 0 Å². The summed E-state index contributed by atoms with van der Waals surface area (Å²) >= 11 is 0. The topological polar surface area (TPSA) is 107 Å². The summed E-state index contributed by atoms with van der Waals surface area (Å²) in [6.45, 7) is 2.17. The van der Waals surface area contributed by atoms with E-state index in [1.54, 1.807) is 6.92 Å². The molecule has 1 aromatic rings. The third-order valence-electron chi connectivity index (χ3n) is 1.87. The number of nitrogens with one attached hydrogen (secondary N) is 1. The maximum atomic E-state index is 11.4. The maximum Gasteiger partial charge on any atom is 0.241 e. The summed E-state index contributed by atoms with van der Waals surface area (Å²) in [5, 5.41) is 3.59. The predicted octanol–water partition coefficient (Wildman–Crippen LogP) is -0.353. The minimum Gasteiger partial charge on any atom is -0.394 e. The Labute approximate surface area is 99.7 Å². The number of rotatable bonds is 5. The average Bonchev–Trinajstić information content (AvgIpc) is 2.36. The van der Waals surface area contributed by atoms with Gasteiger partial charge in [0.1, 0.15) is 17.2 Å². The van der Waals surface area contributed by atoms with Gasteiger partial charge in [-0.3, -0.25) is 4.98 Å². The van der Waals surface area contributed by atoms with Crippen LogP contribution in [0.15, 0.2) is 28.4 Å². The SMILES string of the molecule is CCON=C(N)c1ccc(S(=O)(=O)NC)cn1. The highest BCUT2D eigenvalue weighted by molar-refractivity contribution is 7.89. The molecule has 1 aromatic heterocycles. The fraction of sp³-hybridized carbons (Fsp3) is 0.333. The molecule has 0 amide bonds. The second-order valence-corrected chi connectivity index (χ2v) is 4.87. The van der Waals surface area contributed by atoms with E-state index in [1.165, 1.54) is 25.4 Å². The third-order valence-corrected chi connectivity index (χ3v) is 3.27. The molecular weight excluding hydrogens is 244 g/mol. The van der Waals surface area contributed by atoms with E-state index in [9.17, 15) is 8.42 Å². The second kappa shape index (κ2) is 5.60. The lowest BCUT2D eigenvalue weighted by Crippen LogP contribution is -2.20. The molecular formula is C9H14N4O3S. The Kier molecular flexibility index (Phi) is 4.41. The molecule has 3 N–H and O–H groups in total. The number of nitrogens with zero attached hydrogens (tertiary/aromatic N) is 2. The van der Waals surface area contributed by atoms with Gasteiger partial charge < -0.3 is 10.6 Å². The average molecular weight is 258 g/mol. The van der Waals surface area contributed by atoms with Crippen molar-refractivity contribution in [3.05, 3.63) is 24.0 Å². The number of pyridine rings is 1. The molecule has 0 unspecified atom stereocenters. The first-order valence-corrected chi connectivity index (χ1v) is 6.35. The summed E-state index contributed by atoms with van der Waals surface area (Å²) in [7, 11) is -2.15. The first kappa shape index (κ1) is 13.4. The van der Waals surface area contributed by atoms with E-state index in [-0.39, 0.29) is 10.7 Å². The van der Waals surface area contributed by atoms with Crippen molar-refractivity contribution in [3.63, 3.8) is 0 Å². The molecule has 0 saturated heterocycles. The molecule has 0 radical (unpaired) electrons. The van der Waals surface area contributed by atoms with Crippen LogP contribution in [0, 0.1) is 0 Å². The highest BCUT2D eigenvalue weighted by Crippen LogP contribution is 2.06. The number of oxime groups is 1. The van der Waals surface area contributed by atoms with Crippen molar-refractivity contribution in [2.45, 2.75) is 11.8 Å². The Balaban J connectivity index is 2.96. The Morgan fingerprint density at radius 1 is 1.59 bits per heavy atom. The largest absolute Gasteiger partial charge is 0.394 e. The van der Waals surface area contributed by atoms with Gasteiger partial charge in [-0.05, 0) is 26.1 Å². The summed E-state index contributed by atoms with van der Waals surface area (Å²) in [6, 6.07) is 2.85. The summed E-state index contributed by atoms with van der Waals surface area (Å²) < 4.78 is 25.0. The van der Waals surface area contributed by atoms with E-state index in [0.717, 1.165) is 0 Å². The molecule has 0 aliphatic heterocycles. The lowest BCUT2D eigenvalue weighted by atomic mass is 10.3. The summed E-state index contributed by atoms with van der Waals surface area (Å²) in [5.74, 6) is 0.0975. The standard InChI is InChI=1S/C9H14N4O3S/c1-3-16-13-9(10)8-5-4-7(6-12-8)17(14,15)11-2/h4-6,11H,3H2,1-2H3,(H2,10,13). The zero-order chi connectivity index (χ0) is 12.9. The minimum absolute atomic E-state index is 0.0629. The van der Waals surface area contributed by atoms with E-state index in [0.29, 0.717) is 12.3 Å². The zero-order valence-corrected chi connectivity index (χ0v) is 10.4. The number of sulfonamides is 1. The molecule has 0 fully saturated rings. The first-order valence-electron chi connectivity index (χ1n) is 4.86. The van der Waals surface area contributed by atoms with Crippen molar-refractivity contribution in [3.8, 4) is 0 Å². The van der Waals surface area contributed by atoms with E-state index in [4.69, 9.17) is 10.6 Å². The molecule has 17 heavy (non-hydrogen) atoms. The molecule has 0 bridgehead atoms. The van der Waals surface area contributed by atoms with Crippen LogP contribution in [0.4, 0.5) is 0 Å². The van der Waals surface area contributed by atoms with Crippen LogP contribution in [-0.2, 0) is 14.9 Å². The van der Waals surface area contributed by atoms with Crippen molar-refractivity contribution < 1.29 is 13.3 Å². The van der Waals surface area contributed by atoms with Gasteiger partial charge in [0.15, 0.2) is 5.84 Å². The first-order chi connectivity index (χ1) is 8.01. The van der Waals surface area contributed by atoms with Gasteiger partial charge in [-0.25, -0.2) is 13.1 Å². The molecule has 7 nitrogen and oxygen atoms in total. The van der Waals surface area contributed by atoms with E-state index >= 15 is 0 Å². The molecule has 0 aliphatic carbocycles.